The second-order valence-electron chi connectivity index (χ2n) is 3.44. The van der Waals surface area contributed by atoms with Crippen molar-refractivity contribution in [3.8, 4) is 5.75 Å². The highest BCUT2D eigenvalue weighted by Crippen LogP contribution is 2.12. The number of carbonyl (C=O) groups excluding carboxylic acids is 1. The number of hydrogen-bond donors (Lipinski definition) is 1. The Balaban J connectivity index is 2.45. The molecule has 0 bridgehead atoms. The minimum absolute atomic E-state index is 0.123. The highest BCUT2D eigenvalue weighted by Gasteiger charge is 2.13. The third-order valence-electron chi connectivity index (χ3n) is 2.27. The summed E-state index contributed by atoms with van der Waals surface area (Å²) in [5.41, 5.74) is 6.77. The van der Waals surface area contributed by atoms with E-state index in [1.807, 2.05) is 24.3 Å². The van der Waals surface area contributed by atoms with Gasteiger partial charge in [0, 0.05) is 0 Å². The van der Waals surface area contributed by atoms with E-state index >= 15 is 0 Å². The molecule has 16 heavy (non-hydrogen) atoms. The average Bonchev–Trinajstić information content (AvgIpc) is 2.35. The molecule has 2 N–H and O–H groups in total. The van der Waals surface area contributed by atoms with Gasteiger partial charge >= 0.3 is 5.97 Å². The zero-order chi connectivity index (χ0) is 12.0. The molecule has 0 saturated carbocycles. The van der Waals surface area contributed by atoms with Gasteiger partial charge in [0.25, 0.3) is 0 Å². The van der Waals surface area contributed by atoms with E-state index in [0.29, 0.717) is 5.75 Å². The lowest BCUT2D eigenvalue weighted by atomic mass is 10.2. The Bertz CT molecular complexity index is 335. The molecule has 0 fully saturated rings. The summed E-state index contributed by atoms with van der Waals surface area (Å²) in [6.45, 7) is 2.21. The topological polar surface area (TPSA) is 61.5 Å². The standard InChI is InChI=1S/C12H17NO3/c1-3-9-4-6-10(7-5-9)16-8-11(13)12(14)15-2/h4-7,11H,3,8,13H2,1-2H3. The molecule has 1 atom stereocenters. The highest BCUT2D eigenvalue weighted by molar-refractivity contribution is 5.75. The van der Waals surface area contributed by atoms with Crippen molar-refractivity contribution in [2.75, 3.05) is 13.7 Å². The minimum Gasteiger partial charge on any atom is -0.491 e. The summed E-state index contributed by atoms with van der Waals surface area (Å²) in [4.78, 5) is 11.0. The summed E-state index contributed by atoms with van der Waals surface area (Å²) in [6, 6.07) is 6.96. The van der Waals surface area contributed by atoms with Gasteiger partial charge in [-0.25, -0.2) is 0 Å². The van der Waals surface area contributed by atoms with E-state index in [-0.39, 0.29) is 6.61 Å². The van der Waals surface area contributed by atoms with Gasteiger partial charge in [0.05, 0.1) is 7.11 Å². The van der Waals surface area contributed by atoms with Gasteiger partial charge < -0.3 is 15.2 Å². The van der Waals surface area contributed by atoms with Crippen LogP contribution < -0.4 is 10.5 Å². The quantitative estimate of drug-likeness (QED) is 0.760. The van der Waals surface area contributed by atoms with Crippen LogP contribution in [0.3, 0.4) is 0 Å². The van der Waals surface area contributed by atoms with Gasteiger partial charge in [0.15, 0.2) is 0 Å². The minimum atomic E-state index is -0.740. The van der Waals surface area contributed by atoms with E-state index in [1.165, 1.54) is 12.7 Å². The predicted molar refractivity (Wildman–Crippen MR) is 61.3 cm³/mol. The Morgan fingerprint density at radius 3 is 2.50 bits per heavy atom. The first-order valence-electron chi connectivity index (χ1n) is 5.22. The van der Waals surface area contributed by atoms with Crippen molar-refractivity contribution in [1.82, 2.24) is 0 Å². The molecule has 0 amide bonds. The molecule has 4 heteroatoms. The zero-order valence-electron chi connectivity index (χ0n) is 9.60. The molecule has 1 rings (SSSR count). The first-order valence-corrected chi connectivity index (χ1v) is 5.22. The number of rotatable bonds is 5. The van der Waals surface area contributed by atoms with Gasteiger partial charge in [0.1, 0.15) is 18.4 Å². The van der Waals surface area contributed by atoms with E-state index in [2.05, 4.69) is 11.7 Å². The molecule has 0 aromatic heterocycles. The van der Waals surface area contributed by atoms with Crippen LogP contribution in [0, 0.1) is 0 Å². The summed E-state index contributed by atoms with van der Waals surface area (Å²) >= 11 is 0. The number of esters is 1. The lowest BCUT2D eigenvalue weighted by molar-refractivity contribution is -0.142. The van der Waals surface area contributed by atoms with Crippen molar-refractivity contribution in [2.45, 2.75) is 19.4 Å². The van der Waals surface area contributed by atoms with Crippen LogP contribution in [0.15, 0.2) is 24.3 Å². The molecule has 0 saturated heterocycles. The Labute approximate surface area is 95.3 Å². The first-order chi connectivity index (χ1) is 7.67. The van der Waals surface area contributed by atoms with Gasteiger partial charge in [-0.2, -0.15) is 0 Å². The van der Waals surface area contributed by atoms with Crippen molar-refractivity contribution in [1.29, 1.82) is 0 Å². The molecule has 0 radical (unpaired) electrons. The van der Waals surface area contributed by atoms with E-state index in [9.17, 15) is 4.79 Å². The predicted octanol–water partition coefficient (Wildman–Crippen LogP) is 1.13. The van der Waals surface area contributed by atoms with Crippen molar-refractivity contribution >= 4 is 5.97 Å². The number of carbonyl (C=O) groups is 1. The molecule has 0 aliphatic rings. The molecule has 1 unspecified atom stereocenters. The van der Waals surface area contributed by atoms with Gasteiger partial charge in [-0.1, -0.05) is 19.1 Å². The lowest BCUT2D eigenvalue weighted by Crippen LogP contribution is -2.37. The molecular formula is C12H17NO3. The van der Waals surface area contributed by atoms with E-state index in [4.69, 9.17) is 10.5 Å². The average molecular weight is 223 g/mol. The fourth-order valence-corrected chi connectivity index (χ4v) is 1.23. The number of methoxy groups -OCH3 is 1. The van der Waals surface area contributed by atoms with Crippen molar-refractivity contribution in [2.24, 2.45) is 5.73 Å². The summed E-state index contributed by atoms with van der Waals surface area (Å²) in [7, 11) is 1.30. The smallest absolute Gasteiger partial charge is 0.326 e. The Morgan fingerprint density at radius 1 is 1.38 bits per heavy atom. The fraction of sp³-hybridized carbons (Fsp3) is 0.417. The summed E-state index contributed by atoms with van der Waals surface area (Å²) in [6.07, 6.45) is 0.988. The number of aryl methyl sites for hydroxylation is 1. The van der Waals surface area contributed by atoms with Crippen molar-refractivity contribution in [3.63, 3.8) is 0 Å². The van der Waals surface area contributed by atoms with Gasteiger partial charge in [0.2, 0.25) is 0 Å². The highest BCUT2D eigenvalue weighted by atomic mass is 16.5. The van der Waals surface area contributed by atoms with Crippen molar-refractivity contribution < 1.29 is 14.3 Å². The van der Waals surface area contributed by atoms with E-state index in [0.717, 1.165) is 6.42 Å². The maximum Gasteiger partial charge on any atom is 0.326 e. The molecule has 1 aromatic rings. The van der Waals surface area contributed by atoms with Crippen LogP contribution in [0.25, 0.3) is 0 Å². The monoisotopic (exact) mass is 223 g/mol. The van der Waals surface area contributed by atoms with Crippen LogP contribution in [0.1, 0.15) is 12.5 Å². The van der Waals surface area contributed by atoms with Crippen LogP contribution in [-0.4, -0.2) is 25.7 Å². The molecule has 0 spiro atoms. The molecule has 4 nitrogen and oxygen atoms in total. The molecule has 88 valence electrons. The van der Waals surface area contributed by atoms with Gasteiger partial charge in [-0.3, -0.25) is 4.79 Å². The Hall–Kier alpha value is -1.55. The normalized spacial score (nSPS) is 11.9. The number of hydrogen-bond acceptors (Lipinski definition) is 4. The molecular weight excluding hydrogens is 206 g/mol. The maximum atomic E-state index is 11.0. The van der Waals surface area contributed by atoms with Crippen LogP contribution in [0.4, 0.5) is 0 Å². The maximum absolute atomic E-state index is 11.0. The fourth-order valence-electron chi connectivity index (χ4n) is 1.23. The molecule has 0 heterocycles. The van der Waals surface area contributed by atoms with Crippen LogP contribution in [0.5, 0.6) is 5.75 Å². The largest absolute Gasteiger partial charge is 0.491 e. The summed E-state index contributed by atoms with van der Waals surface area (Å²) in [5.74, 6) is 0.238. The first kappa shape index (κ1) is 12.5. The Kier molecular flexibility index (Phi) is 4.79. The van der Waals surface area contributed by atoms with Gasteiger partial charge in [-0.05, 0) is 24.1 Å². The van der Waals surface area contributed by atoms with E-state index < -0.39 is 12.0 Å². The molecule has 1 aromatic carbocycles. The Morgan fingerprint density at radius 2 is 2.00 bits per heavy atom. The summed E-state index contributed by atoms with van der Waals surface area (Å²) in [5, 5.41) is 0. The van der Waals surface area contributed by atoms with Gasteiger partial charge in [-0.15, -0.1) is 0 Å². The third kappa shape index (κ3) is 3.55. The van der Waals surface area contributed by atoms with Crippen LogP contribution in [-0.2, 0) is 16.0 Å². The SMILES string of the molecule is CCc1ccc(OCC(N)C(=O)OC)cc1. The third-order valence-corrected chi connectivity index (χ3v) is 2.27. The van der Waals surface area contributed by atoms with Crippen LogP contribution in [0.2, 0.25) is 0 Å². The molecule has 0 aliphatic heterocycles. The lowest BCUT2D eigenvalue weighted by Gasteiger charge is -2.11. The second kappa shape index (κ2) is 6.12. The van der Waals surface area contributed by atoms with Crippen molar-refractivity contribution in [3.05, 3.63) is 29.8 Å². The zero-order valence-corrected chi connectivity index (χ0v) is 9.60. The number of nitrogens with two attached hydrogens (primary N) is 1. The summed E-state index contributed by atoms with van der Waals surface area (Å²) < 4.78 is 9.86. The second-order valence-corrected chi connectivity index (χ2v) is 3.44. The molecule has 0 aliphatic carbocycles. The number of ether oxygens (including phenoxy) is 2. The number of benzene rings is 1. The van der Waals surface area contributed by atoms with Crippen LogP contribution >= 0.6 is 0 Å². The van der Waals surface area contributed by atoms with E-state index in [1.54, 1.807) is 0 Å².